The summed E-state index contributed by atoms with van der Waals surface area (Å²) >= 11 is 0. The molecular weight excluding hydrogens is 238 g/mol. The summed E-state index contributed by atoms with van der Waals surface area (Å²) in [4.78, 5) is 4.15. The van der Waals surface area contributed by atoms with Gasteiger partial charge in [-0.1, -0.05) is 13.0 Å². The van der Waals surface area contributed by atoms with Gasteiger partial charge in [-0.25, -0.2) is 18.1 Å². The Morgan fingerprint density at radius 2 is 2.06 bits per heavy atom. The maximum atomic E-state index is 12.0. The molecule has 0 aromatic carbocycles. The highest BCUT2D eigenvalue weighted by Gasteiger charge is 2.21. The van der Waals surface area contributed by atoms with Crippen LogP contribution < -0.4 is 4.72 Å². The Kier molecular flexibility index (Phi) is 2.92. The Bertz CT molecular complexity index is 659. The van der Waals surface area contributed by atoms with E-state index in [1.165, 1.54) is 0 Å². The van der Waals surface area contributed by atoms with Gasteiger partial charge in [0, 0.05) is 12.2 Å². The van der Waals surface area contributed by atoms with Gasteiger partial charge in [-0.05, 0) is 26.0 Å². The Morgan fingerprint density at radius 1 is 1.35 bits per heavy atom. The van der Waals surface area contributed by atoms with Crippen molar-refractivity contribution in [2.75, 3.05) is 6.54 Å². The van der Waals surface area contributed by atoms with E-state index in [-0.39, 0.29) is 5.03 Å². The second-order valence-electron chi connectivity index (χ2n) is 3.85. The minimum absolute atomic E-state index is 0.0977. The highest BCUT2D eigenvalue weighted by molar-refractivity contribution is 7.89. The van der Waals surface area contributed by atoms with E-state index < -0.39 is 10.0 Å². The van der Waals surface area contributed by atoms with Crippen molar-refractivity contribution in [2.24, 2.45) is 0 Å². The fraction of sp³-hybridized carbons (Fsp3) is 0.364. The second kappa shape index (κ2) is 4.12. The quantitative estimate of drug-likeness (QED) is 0.895. The standard InChI is InChI=1S/C11H15N3O2S/c1-4-12-17(15,16)11-10-7-5-6-8(2)14(10)9(3)13-11/h5-7,12H,4H2,1-3H3. The highest BCUT2D eigenvalue weighted by Crippen LogP contribution is 2.19. The number of aromatic nitrogens is 2. The van der Waals surface area contributed by atoms with Crippen LogP contribution in [0.5, 0.6) is 0 Å². The van der Waals surface area contributed by atoms with Gasteiger partial charge in [0.25, 0.3) is 10.0 Å². The lowest BCUT2D eigenvalue weighted by Gasteiger charge is -2.03. The molecule has 0 bridgehead atoms. The van der Waals surface area contributed by atoms with Crippen LogP contribution in [0.15, 0.2) is 23.2 Å². The molecule has 2 heterocycles. The van der Waals surface area contributed by atoms with Crippen LogP contribution in [-0.4, -0.2) is 24.3 Å². The molecule has 0 atom stereocenters. The van der Waals surface area contributed by atoms with Crippen LogP contribution in [0.25, 0.3) is 5.52 Å². The van der Waals surface area contributed by atoms with Crippen LogP contribution in [0.3, 0.4) is 0 Å². The minimum atomic E-state index is -3.51. The lowest BCUT2D eigenvalue weighted by atomic mass is 10.3. The van der Waals surface area contributed by atoms with E-state index in [1.54, 1.807) is 19.9 Å². The zero-order valence-electron chi connectivity index (χ0n) is 10.1. The highest BCUT2D eigenvalue weighted by atomic mass is 32.2. The molecule has 0 saturated carbocycles. The number of hydrogen-bond acceptors (Lipinski definition) is 3. The average Bonchev–Trinajstić information content (AvgIpc) is 2.58. The minimum Gasteiger partial charge on any atom is -0.300 e. The van der Waals surface area contributed by atoms with Crippen LogP contribution in [0, 0.1) is 13.8 Å². The molecule has 0 unspecified atom stereocenters. The lowest BCUT2D eigenvalue weighted by Crippen LogP contribution is -2.23. The molecule has 0 aliphatic rings. The van der Waals surface area contributed by atoms with Crippen LogP contribution in [-0.2, 0) is 10.0 Å². The predicted octanol–water partition coefficient (Wildman–Crippen LogP) is 1.25. The number of fused-ring (bicyclic) bond motifs is 1. The van der Waals surface area contributed by atoms with Crippen LogP contribution in [0.2, 0.25) is 0 Å². The number of hydrogen-bond donors (Lipinski definition) is 1. The van der Waals surface area contributed by atoms with Crippen molar-refractivity contribution in [1.82, 2.24) is 14.1 Å². The number of rotatable bonds is 3. The van der Waals surface area contributed by atoms with E-state index >= 15 is 0 Å². The summed E-state index contributed by atoms with van der Waals surface area (Å²) in [5.74, 6) is 0.676. The zero-order valence-corrected chi connectivity index (χ0v) is 10.9. The van der Waals surface area contributed by atoms with Crippen molar-refractivity contribution in [3.63, 3.8) is 0 Å². The molecule has 17 heavy (non-hydrogen) atoms. The van der Waals surface area contributed by atoms with Crippen molar-refractivity contribution >= 4 is 15.5 Å². The fourth-order valence-electron chi connectivity index (χ4n) is 1.92. The molecule has 2 rings (SSSR count). The van der Waals surface area contributed by atoms with Crippen molar-refractivity contribution in [3.05, 3.63) is 29.7 Å². The van der Waals surface area contributed by atoms with E-state index in [1.807, 2.05) is 23.5 Å². The van der Waals surface area contributed by atoms with Crippen molar-refractivity contribution in [3.8, 4) is 0 Å². The van der Waals surface area contributed by atoms with Gasteiger partial charge in [-0.2, -0.15) is 0 Å². The Morgan fingerprint density at radius 3 is 2.71 bits per heavy atom. The molecule has 0 fully saturated rings. The van der Waals surface area contributed by atoms with Crippen molar-refractivity contribution in [2.45, 2.75) is 25.8 Å². The van der Waals surface area contributed by atoms with E-state index in [0.717, 1.165) is 5.69 Å². The average molecular weight is 253 g/mol. The first-order chi connectivity index (χ1) is 7.97. The largest absolute Gasteiger partial charge is 0.300 e. The number of nitrogens with zero attached hydrogens (tertiary/aromatic N) is 2. The van der Waals surface area contributed by atoms with Crippen molar-refractivity contribution in [1.29, 1.82) is 0 Å². The van der Waals surface area contributed by atoms with Gasteiger partial charge in [-0.15, -0.1) is 0 Å². The van der Waals surface area contributed by atoms with E-state index in [4.69, 9.17) is 0 Å². The molecule has 0 spiro atoms. The maximum absolute atomic E-state index is 12.0. The second-order valence-corrected chi connectivity index (χ2v) is 5.54. The predicted molar refractivity (Wildman–Crippen MR) is 65.5 cm³/mol. The van der Waals surface area contributed by atoms with Crippen LogP contribution >= 0.6 is 0 Å². The number of sulfonamides is 1. The van der Waals surface area contributed by atoms with E-state index in [0.29, 0.717) is 17.9 Å². The topological polar surface area (TPSA) is 63.5 Å². The Labute approximate surface area is 101 Å². The molecule has 2 aromatic rings. The molecule has 92 valence electrons. The molecule has 0 radical (unpaired) electrons. The van der Waals surface area contributed by atoms with Gasteiger partial charge < -0.3 is 0 Å². The molecular formula is C11H15N3O2S. The monoisotopic (exact) mass is 253 g/mol. The molecule has 5 nitrogen and oxygen atoms in total. The normalized spacial score (nSPS) is 12.2. The Balaban J connectivity index is 2.77. The number of aryl methyl sites for hydroxylation is 2. The van der Waals surface area contributed by atoms with E-state index in [2.05, 4.69) is 9.71 Å². The molecule has 0 amide bonds. The van der Waals surface area contributed by atoms with Gasteiger partial charge in [0.05, 0.1) is 5.52 Å². The molecule has 6 heteroatoms. The number of pyridine rings is 1. The summed E-state index contributed by atoms with van der Waals surface area (Å²) in [6, 6.07) is 5.51. The summed E-state index contributed by atoms with van der Waals surface area (Å²) in [5, 5.41) is 0.0977. The first-order valence-corrected chi connectivity index (χ1v) is 6.90. The third-order valence-corrected chi connectivity index (χ3v) is 4.06. The van der Waals surface area contributed by atoms with Gasteiger partial charge in [0.2, 0.25) is 0 Å². The SMILES string of the molecule is CCNS(=O)(=O)c1nc(C)n2c(C)cccc12. The molecule has 0 aliphatic heterocycles. The first kappa shape index (κ1) is 12.1. The number of nitrogens with one attached hydrogen (secondary N) is 1. The van der Waals surface area contributed by atoms with Crippen molar-refractivity contribution < 1.29 is 8.42 Å². The molecule has 2 aromatic heterocycles. The molecule has 0 aliphatic carbocycles. The van der Waals surface area contributed by atoms with Gasteiger partial charge in [0.1, 0.15) is 5.82 Å². The third kappa shape index (κ3) is 1.94. The first-order valence-electron chi connectivity index (χ1n) is 5.41. The third-order valence-electron chi connectivity index (χ3n) is 2.58. The summed E-state index contributed by atoms with van der Waals surface area (Å²) in [5.41, 5.74) is 1.58. The summed E-state index contributed by atoms with van der Waals surface area (Å²) in [7, 11) is -3.51. The van der Waals surface area contributed by atoms with Gasteiger partial charge >= 0.3 is 0 Å². The fourth-order valence-corrected chi connectivity index (χ4v) is 3.13. The number of imidazole rings is 1. The Hall–Kier alpha value is -1.40. The summed E-state index contributed by atoms with van der Waals surface area (Å²) < 4.78 is 28.3. The smallest absolute Gasteiger partial charge is 0.260 e. The van der Waals surface area contributed by atoms with E-state index in [9.17, 15) is 8.42 Å². The van der Waals surface area contributed by atoms with Gasteiger partial charge in [0.15, 0.2) is 5.03 Å². The zero-order chi connectivity index (χ0) is 12.6. The maximum Gasteiger partial charge on any atom is 0.260 e. The molecule has 0 saturated heterocycles. The summed E-state index contributed by atoms with van der Waals surface area (Å²) in [6.07, 6.45) is 0. The van der Waals surface area contributed by atoms with Gasteiger partial charge in [-0.3, -0.25) is 4.40 Å². The van der Waals surface area contributed by atoms with Crippen LogP contribution in [0.4, 0.5) is 0 Å². The lowest BCUT2D eigenvalue weighted by molar-refractivity contribution is 0.581. The molecule has 1 N–H and O–H groups in total. The van der Waals surface area contributed by atoms with Crippen LogP contribution in [0.1, 0.15) is 18.4 Å². The summed E-state index contributed by atoms with van der Waals surface area (Å²) in [6.45, 7) is 5.82.